The molecule has 0 atom stereocenters. The van der Waals surface area contributed by atoms with Crippen molar-refractivity contribution >= 4 is 22.8 Å². The van der Waals surface area contributed by atoms with E-state index in [2.05, 4.69) is 37.3 Å². The number of ether oxygens (including phenoxy) is 2. The van der Waals surface area contributed by atoms with Crippen molar-refractivity contribution < 1.29 is 14.0 Å². The quantitative estimate of drug-likeness (QED) is 0.359. The van der Waals surface area contributed by atoms with Gasteiger partial charge in [-0.3, -0.25) is 14.5 Å². The van der Waals surface area contributed by atoms with Gasteiger partial charge in [0, 0.05) is 31.6 Å². The van der Waals surface area contributed by atoms with Crippen LogP contribution in [-0.2, 0) is 21.6 Å². The molecule has 1 aliphatic carbocycles. The molecule has 0 radical (unpaired) electrons. The molecule has 192 valence electrons. The molecule has 2 aliphatic rings. The average Bonchev–Trinajstić information content (AvgIpc) is 3.48. The van der Waals surface area contributed by atoms with Crippen molar-refractivity contribution in [2.24, 2.45) is 11.8 Å². The van der Waals surface area contributed by atoms with Gasteiger partial charge in [-0.25, -0.2) is 19.7 Å². The van der Waals surface area contributed by atoms with Crippen LogP contribution in [0.15, 0.2) is 40.4 Å². The number of rotatable bonds is 7. The minimum atomic E-state index is -0.698. The van der Waals surface area contributed by atoms with Gasteiger partial charge in [-0.1, -0.05) is 22.8 Å². The Morgan fingerprint density at radius 1 is 1.24 bits per heavy atom. The van der Waals surface area contributed by atoms with Gasteiger partial charge in [-0.2, -0.15) is 0 Å². The summed E-state index contributed by atoms with van der Waals surface area (Å²) < 4.78 is 18.4. The summed E-state index contributed by atoms with van der Waals surface area (Å²) in [4.78, 5) is 32.9. The molecular weight excluding hydrogens is 498 g/mol. The average molecular weight is 524 g/mol. The minimum Gasteiger partial charge on any atom is -0.374 e. The third-order valence-corrected chi connectivity index (χ3v) is 7.57. The van der Waals surface area contributed by atoms with Gasteiger partial charge in [0.1, 0.15) is 17.0 Å². The summed E-state index contributed by atoms with van der Waals surface area (Å²) in [5, 5.41) is 4.25. The summed E-state index contributed by atoms with van der Waals surface area (Å²) in [6, 6.07) is 1.79. The number of methoxy groups -OCH3 is 1. The first-order chi connectivity index (χ1) is 18.0. The van der Waals surface area contributed by atoms with E-state index in [0.29, 0.717) is 47.0 Å². The number of nitrogens with one attached hydrogen (secondary N) is 1. The highest BCUT2D eigenvalue weighted by Crippen LogP contribution is 2.39. The zero-order chi connectivity index (χ0) is 25.6. The van der Waals surface area contributed by atoms with Crippen LogP contribution in [0.25, 0.3) is 34.1 Å². The van der Waals surface area contributed by atoms with E-state index in [4.69, 9.17) is 35.6 Å². The van der Waals surface area contributed by atoms with Crippen molar-refractivity contribution in [3.05, 3.63) is 52.5 Å². The molecule has 1 aliphatic heterocycles. The van der Waals surface area contributed by atoms with Crippen LogP contribution in [0.3, 0.4) is 0 Å². The van der Waals surface area contributed by atoms with Gasteiger partial charge in [0.15, 0.2) is 11.2 Å². The highest BCUT2D eigenvalue weighted by Gasteiger charge is 2.46. The summed E-state index contributed by atoms with van der Waals surface area (Å²) in [7, 11) is 1.67. The van der Waals surface area contributed by atoms with E-state index in [1.807, 2.05) is 0 Å². The standard InChI is InChI=1S/C25H26ClN7O4/c1-3-14-4-6-15(7-5-14)11-33-19-18(16-8-17(26)10-27-9-16)28-21(22-31-24(34)37-32-22)29-20(19)30-23(33)25(35-2)12-36-13-25/h3,8-10,14-15H,1,4-7,11-13H2,2H3,(H,31,32,34). The second kappa shape index (κ2) is 9.47. The van der Waals surface area contributed by atoms with E-state index in [1.165, 1.54) is 0 Å². The lowest BCUT2D eigenvalue weighted by Gasteiger charge is -2.40. The van der Waals surface area contributed by atoms with Gasteiger partial charge >= 0.3 is 5.76 Å². The van der Waals surface area contributed by atoms with Crippen LogP contribution in [0.4, 0.5) is 0 Å². The van der Waals surface area contributed by atoms with Crippen LogP contribution in [0.2, 0.25) is 5.02 Å². The number of halogens is 1. The van der Waals surface area contributed by atoms with Crippen molar-refractivity contribution in [3.8, 4) is 22.9 Å². The maximum absolute atomic E-state index is 11.6. The van der Waals surface area contributed by atoms with Crippen LogP contribution in [0, 0.1) is 11.8 Å². The molecule has 4 aromatic heterocycles. The van der Waals surface area contributed by atoms with E-state index in [9.17, 15) is 4.79 Å². The number of hydrogen-bond donors (Lipinski definition) is 1. The predicted molar refractivity (Wildman–Crippen MR) is 135 cm³/mol. The zero-order valence-electron chi connectivity index (χ0n) is 20.3. The Morgan fingerprint density at radius 3 is 2.68 bits per heavy atom. The first-order valence-corrected chi connectivity index (χ1v) is 12.6. The highest BCUT2D eigenvalue weighted by molar-refractivity contribution is 6.30. The van der Waals surface area contributed by atoms with Gasteiger partial charge in [-0.15, -0.1) is 6.58 Å². The molecule has 1 N–H and O–H groups in total. The maximum atomic E-state index is 11.6. The lowest BCUT2D eigenvalue weighted by Crippen LogP contribution is -2.50. The summed E-state index contributed by atoms with van der Waals surface area (Å²) >= 11 is 6.31. The van der Waals surface area contributed by atoms with E-state index < -0.39 is 11.4 Å². The molecule has 1 saturated heterocycles. The van der Waals surface area contributed by atoms with Crippen molar-refractivity contribution in [2.75, 3.05) is 20.3 Å². The number of imidazole rings is 1. The molecule has 11 nitrogen and oxygen atoms in total. The number of aromatic nitrogens is 7. The summed E-state index contributed by atoms with van der Waals surface area (Å²) in [6.45, 7) is 5.48. The maximum Gasteiger partial charge on any atom is 0.439 e. The lowest BCUT2D eigenvalue weighted by atomic mass is 9.82. The van der Waals surface area contributed by atoms with E-state index in [1.54, 1.807) is 25.6 Å². The first kappa shape index (κ1) is 24.0. The Morgan fingerprint density at radius 2 is 2.05 bits per heavy atom. The third-order valence-electron chi connectivity index (χ3n) is 7.37. The minimum absolute atomic E-state index is 0.107. The highest BCUT2D eigenvalue weighted by atomic mass is 35.5. The fourth-order valence-electron chi connectivity index (χ4n) is 5.23. The molecule has 0 unspecified atom stereocenters. The second-order valence-corrected chi connectivity index (χ2v) is 10.1. The Labute approximate surface area is 216 Å². The smallest absolute Gasteiger partial charge is 0.374 e. The van der Waals surface area contributed by atoms with E-state index in [-0.39, 0.29) is 11.6 Å². The van der Waals surface area contributed by atoms with E-state index in [0.717, 1.165) is 43.6 Å². The fraction of sp³-hybridized carbons (Fsp3) is 0.440. The molecule has 37 heavy (non-hydrogen) atoms. The van der Waals surface area contributed by atoms with Crippen LogP contribution in [0.5, 0.6) is 0 Å². The van der Waals surface area contributed by atoms with Crippen molar-refractivity contribution in [1.82, 2.24) is 34.6 Å². The van der Waals surface area contributed by atoms with Gasteiger partial charge in [0.25, 0.3) is 0 Å². The molecular formula is C25H26ClN7O4. The van der Waals surface area contributed by atoms with Gasteiger partial charge in [0.2, 0.25) is 11.6 Å². The number of nitrogens with zero attached hydrogens (tertiary/aromatic N) is 6. The number of fused-ring (bicyclic) bond motifs is 1. The summed E-state index contributed by atoms with van der Waals surface area (Å²) in [5.74, 6) is 1.32. The molecule has 0 aromatic carbocycles. The Hall–Kier alpha value is -3.41. The van der Waals surface area contributed by atoms with Crippen molar-refractivity contribution in [1.29, 1.82) is 0 Å². The van der Waals surface area contributed by atoms with Crippen LogP contribution in [0.1, 0.15) is 31.5 Å². The third kappa shape index (κ3) is 4.26. The zero-order valence-corrected chi connectivity index (χ0v) is 21.1. The Bertz CT molecular complexity index is 1510. The molecule has 5 heterocycles. The van der Waals surface area contributed by atoms with Crippen LogP contribution >= 0.6 is 11.6 Å². The first-order valence-electron chi connectivity index (χ1n) is 12.2. The number of H-pyrrole nitrogens is 1. The summed E-state index contributed by atoms with van der Waals surface area (Å²) in [6.07, 6.45) is 9.70. The van der Waals surface area contributed by atoms with Gasteiger partial charge < -0.3 is 14.0 Å². The number of pyridine rings is 1. The van der Waals surface area contributed by atoms with E-state index >= 15 is 0 Å². The van der Waals surface area contributed by atoms with Gasteiger partial charge in [-0.05, 0) is 43.6 Å². The predicted octanol–water partition coefficient (Wildman–Crippen LogP) is 3.75. The number of hydrogen-bond acceptors (Lipinski definition) is 9. The van der Waals surface area contributed by atoms with Crippen LogP contribution < -0.4 is 5.76 Å². The second-order valence-electron chi connectivity index (χ2n) is 9.66. The Balaban J connectivity index is 1.57. The van der Waals surface area contributed by atoms with Crippen LogP contribution in [-0.4, -0.2) is 55.0 Å². The van der Waals surface area contributed by atoms with Crippen molar-refractivity contribution in [3.63, 3.8) is 0 Å². The molecule has 1 saturated carbocycles. The van der Waals surface area contributed by atoms with Crippen molar-refractivity contribution in [2.45, 2.75) is 37.8 Å². The molecule has 6 rings (SSSR count). The SMILES string of the molecule is C=CC1CCC(Cn2c(C3(OC)COC3)nc3nc(-c4noc(=O)[nH]4)nc(-c4cncc(Cl)c4)c32)CC1. The molecule has 12 heteroatoms. The molecule has 0 bridgehead atoms. The largest absolute Gasteiger partial charge is 0.439 e. The molecule has 2 fully saturated rings. The summed E-state index contributed by atoms with van der Waals surface area (Å²) in [5.41, 5.74) is 1.76. The number of allylic oxidation sites excluding steroid dienone is 1. The molecule has 4 aromatic rings. The molecule has 0 spiro atoms. The topological polar surface area (TPSA) is 134 Å². The lowest BCUT2D eigenvalue weighted by molar-refractivity contribution is -0.208. The monoisotopic (exact) mass is 523 g/mol. The number of aromatic amines is 1. The Kier molecular flexibility index (Phi) is 6.13. The normalized spacial score (nSPS) is 21.1. The fourth-order valence-corrected chi connectivity index (χ4v) is 5.40. The molecule has 0 amide bonds. The van der Waals surface area contributed by atoms with Gasteiger partial charge in [0.05, 0.1) is 18.2 Å².